The highest BCUT2D eigenvalue weighted by Gasteiger charge is 2.45. The molecule has 0 aromatic heterocycles. The van der Waals surface area contributed by atoms with Gasteiger partial charge < -0.3 is 4.18 Å². The van der Waals surface area contributed by atoms with E-state index in [9.17, 15) is 8.78 Å². The second-order valence-corrected chi connectivity index (χ2v) is 3.92. The van der Waals surface area contributed by atoms with Crippen LogP contribution in [0.1, 0.15) is 12.8 Å². The van der Waals surface area contributed by atoms with Crippen LogP contribution in [0, 0.1) is 5.92 Å². The van der Waals surface area contributed by atoms with Crippen molar-refractivity contribution in [1.29, 1.82) is 0 Å². The van der Waals surface area contributed by atoms with Crippen molar-refractivity contribution in [2.24, 2.45) is 5.92 Å². The van der Waals surface area contributed by atoms with Crippen LogP contribution in [0.15, 0.2) is 0 Å². The molecule has 0 aliphatic heterocycles. The highest BCUT2D eigenvalue weighted by Crippen LogP contribution is 2.42. The molecule has 60 valence electrons. The Kier molecular flexibility index (Phi) is 3.18. The van der Waals surface area contributed by atoms with Crippen molar-refractivity contribution < 1.29 is 13.0 Å². The van der Waals surface area contributed by atoms with E-state index in [-0.39, 0.29) is 18.8 Å². The van der Waals surface area contributed by atoms with Gasteiger partial charge >= 0.3 is 0 Å². The third-order valence-corrected chi connectivity index (χ3v) is 2.51. The summed E-state index contributed by atoms with van der Waals surface area (Å²) in [4.78, 5) is 0. The van der Waals surface area contributed by atoms with E-state index in [0.717, 1.165) is 0 Å². The molecule has 0 amide bonds. The van der Waals surface area contributed by atoms with E-state index < -0.39 is 5.92 Å². The molecule has 10 heavy (non-hydrogen) atoms. The summed E-state index contributed by atoms with van der Waals surface area (Å²) in [5, 5.41) is 0. The molecule has 1 fully saturated rings. The SMILES string of the molecule is FC1(F)CC(COSI)C1. The van der Waals surface area contributed by atoms with Crippen molar-refractivity contribution in [1.82, 2.24) is 0 Å². The van der Waals surface area contributed by atoms with E-state index in [0.29, 0.717) is 6.61 Å². The van der Waals surface area contributed by atoms with Gasteiger partial charge in [0.05, 0.1) is 15.8 Å². The molecule has 1 nitrogen and oxygen atoms in total. The number of hydrogen-bond donors (Lipinski definition) is 0. The maximum Gasteiger partial charge on any atom is 0.248 e. The molecule has 1 saturated carbocycles. The lowest BCUT2D eigenvalue weighted by Gasteiger charge is -2.33. The van der Waals surface area contributed by atoms with Crippen molar-refractivity contribution >= 4 is 30.4 Å². The first-order valence-electron chi connectivity index (χ1n) is 2.92. The first kappa shape index (κ1) is 8.99. The summed E-state index contributed by atoms with van der Waals surface area (Å²) in [6.45, 7) is 0.462. The topological polar surface area (TPSA) is 9.23 Å². The zero-order valence-corrected chi connectivity index (χ0v) is 8.12. The highest BCUT2D eigenvalue weighted by molar-refractivity contribution is 14.2. The molecule has 0 N–H and O–H groups in total. The molecule has 0 atom stereocenters. The van der Waals surface area contributed by atoms with Crippen LogP contribution in [0.2, 0.25) is 0 Å². The molecule has 0 saturated heterocycles. The van der Waals surface area contributed by atoms with Gasteiger partial charge in [-0.2, -0.15) is 0 Å². The van der Waals surface area contributed by atoms with Crippen molar-refractivity contribution in [2.45, 2.75) is 18.8 Å². The lowest BCUT2D eigenvalue weighted by atomic mass is 9.82. The highest BCUT2D eigenvalue weighted by atomic mass is 127. The molecule has 1 aliphatic carbocycles. The molecular weight excluding hydrogens is 273 g/mol. The fraction of sp³-hybridized carbons (Fsp3) is 1.00. The number of rotatable bonds is 3. The molecule has 1 aliphatic rings. The van der Waals surface area contributed by atoms with Gasteiger partial charge in [0.25, 0.3) is 0 Å². The Bertz CT molecular complexity index is 114. The van der Waals surface area contributed by atoms with Crippen LogP contribution in [-0.4, -0.2) is 12.5 Å². The summed E-state index contributed by atoms with van der Waals surface area (Å²) < 4.78 is 29.2. The number of hydrogen-bond acceptors (Lipinski definition) is 2. The van der Waals surface area contributed by atoms with Gasteiger partial charge in [-0.05, 0) is 5.92 Å². The van der Waals surface area contributed by atoms with Gasteiger partial charge in [0, 0.05) is 34.0 Å². The summed E-state index contributed by atoms with van der Waals surface area (Å²) in [7, 11) is 1.20. The van der Waals surface area contributed by atoms with Crippen molar-refractivity contribution in [3.8, 4) is 0 Å². The minimum Gasteiger partial charge on any atom is -0.305 e. The number of alkyl halides is 2. The summed E-state index contributed by atoms with van der Waals surface area (Å²) in [5.74, 6) is -2.32. The monoisotopic (exact) mass is 280 g/mol. The molecule has 0 aromatic carbocycles. The zero-order valence-electron chi connectivity index (χ0n) is 5.15. The maximum atomic E-state index is 12.2. The Morgan fingerprint density at radius 2 is 2.20 bits per heavy atom. The van der Waals surface area contributed by atoms with E-state index in [1.807, 2.05) is 21.2 Å². The van der Waals surface area contributed by atoms with Crippen LogP contribution in [-0.2, 0) is 4.18 Å². The molecule has 0 spiro atoms. The van der Waals surface area contributed by atoms with Gasteiger partial charge in [0.1, 0.15) is 0 Å². The second-order valence-electron chi connectivity index (χ2n) is 2.48. The van der Waals surface area contributed by atoms with Gasteiger partial charge in [-0.15, -0.1) is 0 Å². The van der Waals surface area contributed by atoms with Crippen LogP contribution in [0.25, 0.3) is 0 Å². The quantitative estimate of drug-likeness (QED) is 0.580. The standard InChI is InChI=1S/C5H7F2IOS/c6-5(7)1-4(2-5)3-9-10-8/h4H,1-3H2. The molecule has 5 heteroatoms. The Morgan fingerprint density at radius 3 is 2.60 bits per heavy atom. The van der Waals surface area contributed by atoms with Crippen LogP contribution in [0.5, 0.6) is 0 Å². The van der Waals surface area contributed by atoms with E-state index >= 15 is 0 Å². The van der Waals surface area contributed by atoms with Crippen molar-refractivity contribution in [2.75, 3.05) is 6.61 Å². The second kappa shape index (κ2) is 3.53. The molecular formula is C5H7F2IOS. The molecule has 0 radical (unpaired) electrons. The fourth-order valence-corrected chi connectivity index (χ4v) is 1.71. The van der Waals surface area contributed by atoms with Crippen LogP contribution < -0.4 is 0 Å². The van der Waals surface area contributed by atoms with E-state index in [4.69, 9.17) is 4.18 Å². The largest absolute Gasteiger partial charge is 0.305 e. The van der Waals surface area contributed by atoms with Gasteiger partial charge in [0.15, 0.2) is 0 Å². The Balaban J connectivity index is 2.03. The normalized spacial score (nSPS) is 24.3. The minimum absolute atomic E-state index is 0.00417. The minimum atomic E-state index is -2.40. The zero-order chi connectivity index (χ0) is 7.61. The molecule has 0 unspecified atom stereocenters. The van der Waals surface area contributed by atoms with Crippen molar-refractivity contribution in [3.63, 3.8) is 0 Å². The fourth-order valence-electron chi connectivity index (χ4n) is 1.02. The third-order valence-electron chi connectivity index (χ3n) is 1.52. The smallest absolute Gasteiger partial charge is 0.248 e. The molecule has 1 rings (SSSR count). The average molecular weight is 280 g/mol. The molecule has 0 bridgehead atoms. The first-order chi connectivity index (χ1) is 4.64. The average Bonchev–Trinajstić information content (AvgIpc) is 1.78. The third kappa shape index (κ3) is 2.50. The predicted octanol–water partition coefficient (Wildman–Crippen LogP) is 3.05. The Labute approximate surface area is 74.7 Å². The lowest BCUT2D eigenvalue weighted by Crippen LogP contribution is -2.37. The van der Waals surface area contributed by atoms with E-state index in [1.54, 1.807) is 0 Å². The summed E-state index contributed by atoms with van der Waals surface area (Å²) in [6, 6.07) is 0. The van der Waals surface area contributed by atoms with Gasteiger partial charge in [-0.25, -0.2) is 8.78 Å². The number of halogens is 3. The summed E-state index contributed by atoms with van der Waals surface area (Å²) in [6.07, 6.45) is 0.00833. The van der Waals surface area contributed by atoms with Crippen LogP contribution in [0.3, 0.4) is 0 Å². The maximum absolute atomic E-state index is 12.2. The van der Waals surface area contributed by atoms with Crippen LogP contribution >= 0.6 is 30.4 Å². The van der Waals surface area contributed by atoms with Gasteiger partial charge in [-0.3, -0.25) is 0 Å². The summed E-state index contributed by atoms with van der Waals surface area (Å²) in [5.41, 5.74) is 0. The van der Waals surface area contributed by atoms with Crippen molar-refractivity contribution in [3.05, 3.63) is 0 Å². The van der Waals surface area contributed by atoms with Gasteiger partial charge in [0.2, 0.25) is 5.92 Å². The van der Waals surface area contributed by atoms with E-state index in [1.165, 1.54) is 9.21 Å². The van der Waals surface area contributed by atoms with E-state index in [2.05, 4.69) is 0 Å². The predicted molar refractivity (Wildman–Crippen MR) is 45.2 cm³/mol. The lowest BCUT2D eigenvalue weighted by molar-refractivity contribution is -0.117. The van der Waals surface area contributed by atoms with Crippen LogP contribution in [0.4, 0.5) is 8.78 Å². The summed E-state index contributed by atoms with van der Waals surface area (Å²) >= 11 is 1.98. The molecule has 0 aromatic rings. The Hall–Kier alpha value is 0.900. The molecule has 0 heterocycles. The van der Waals surface area contributed by atoms with Gasteiger partial charge in [-0.1, -0.05) is 0 Å². The Morgan fingerprint density at radius 1 is 1.60 bits per heavy atom. The first-order valence-corrected chi connectivity index (χ1v) is 6.20.